The molecule has 5 atom stereocenters. The van der Waals surface area contributed by atoms with E-state index in [1.165, 1.54) is 0 Å². The second-order valence-corrected chi connectivity index (χ2v) is 8.12. The molecule has 6 nitrogen and oxygen atoms in total. The Morgan fingerprint density at radius 1 is 0.903 bits per heavy atom. The molecule has 2 heterocycles. The van der Waals surface area contributed by atoms with Gasteiger partial charge >= 0.3 is 0 Å². The van der Waals surface area contributed by atoms with E-state index in [0.29, 0.717) is 17.0 Å². The molecule has 1 aliphatic rings. The van der Waals surface area contributed by atoms with Crippen LogP contribution in [0.2, 0.25) is 5.02 Å². The summed E-state index contributed by atoms with van der Waals surface area (Å²) < 4.78 is 5.67. The van der Waals surface area contributed by atoms with Crippen LogP contribution in [0, 0.1) is 0 Å². The van der Waals surface area contributed by atoms with Crippen molar-refractivity contribution in [2.45, 2.75) is 36.9 Å². The summed E-state index contributed by atoms with van der Waals surface area (Å²) in [6.45, 7) is -0.467. The van der Waals surface area contributed by atoms with Crippen molar-refractivity contribution in [1.82, 2.24) is 4.98 Å². The second kappa shape index (κ2) is 9.44. The highest BCUT2D eigenvalue weighted by Gasteiger charge is 2.44. The molecule has 4 N–H and O–H groups in total. The number of halogens is 1. The van der Waals surface area contributed by atoms with Crippen LogP contribution in [0.4, 0.5) is 0 Å². The van der Waals surface area contributed by atoms with Gasteiger partial charge in [0.15, 0.2) is 0 Å². The fourth-order valence-corrected chi connectivity index (χ4v) is 4.04. The quantitative estimate of drug-likeness (QED) is 0.485. The first-order chi connectivity index (χ1) is 15.0. The lowest BCUT2D eigenvalue weighted by Gasteiger charge is -2.40. The number of aromatic nitrogens is 1. The summed E-state index contributed by atoms with van der Waals surface area (Å²) in [4.78, 5) is 4.15. The topological polar surface area (TPSA) is 103 Å². The predicted molar refractivity (Wildman–Crippen MR) is 117 cm³/mol. The number of benzene rings is 2. The van der Waals surface area contributed by atoms with Gasteiger partial charge in [-0.25, -0.2) is 0 Å². The average molecular weight is 442 g/mol. The summed E-state index contributed by atoms with van der Waals surface area (Å²) in [6.07, 6.45) is -1.86. The summed E-state index contributed by atoms with van der Waals surface area (Å²) in [5.41, 5.74) is 4.61. The fraction of sp³-hybridized carbons (Fsp3) is 0.292. The maximum atomic E-state index is 10.4. The Labute approximate surface area is 185 Å². The lowest BCUT2D eigenvalue weighted by atomic mass is 9.90. The van der Waals surface area contributed by atoms with E-state index in [0.717, 1.165) is 22.3 Å². The maximum Gasteiger partial charge on any atom is 0.113 e. The molecule has 0 aliphatic carbocycles. The number of ether oxygens (including phenoxy) is 1. The Morgan fingerprint density at radius 3 is 2.35 bits per heavy atom. The molecule has 31 heavy (non-hydrogen) atoms. The summed E-state index contributed by atoms with van der Waals surface area (Å²) in [7, 11) is 0. The minimum atomic E-state index is -1.42. The Bertz CT molecular complexity index is 1010. The summed E-state index contributed by atoms with van der Waals surface area (Å²) in [5, 5.41) is 40.5. The number of hydrogen-bond acceptors (Lipinski definition) is 6. The van der Waals surface area contributed by atoms with E-state index in [1.54, 1.807) is 18.3 Å². The Kier molecular flexibility index (Phi) is 6.67. The number of aliphatic hydroxyl groups excluding tert-OH is 4. The van der Waals surface area contributed by atoms with E-state index in [9.17, 15) is 20.4 Å². The zero-order chi connectivity index (χ0) is 22.0. The molecule has 1 aromatic heterocycles. The van der Waals surface area contributed by atoms with Crippen LogP contribution in [0.5, 0.6) is 0 Å². The summed E-state index contributed by atoms with van der Waals surface area (Å²) in [5.74, 6) is 0. The lowest BCUT2D eigenvalue weighted by molar-refractivity contribution is -0.231. The largest absolute Gasteiger partial charge is 0.394 e. The van der Waals surface area contributed by atoms with Crippen LogP contribution in [0.1, 0.15) is 22.8 Å². The molecule has 162 valence electrons. The molecule has 0 saturated carbocycles. The minimum Gasteiger partial charge on any atom is -0.394 e. The predicted octanol–water partition coefficient (Wildman–Crippen LogP) is 2.51. The summed E-state index contributed by atoms with van der Waals surface area (Å²) in [6, 6.07) is 17.3. The molecular formula is C24H24ClNO5. The third kappa shape index (κ3) is 4.65. The van der Waals surface area contributed by atoms with Gasteiger partial charge in [-0.3, -0.25) is 4.98 Å². The SMILES string of the molecule is OC[C@H]1O[C@@H](c2ccc(Cl)c(Cc3ccc(-c4cccnc4)cc3)c2)[C@H](O)[C@@H](O)[C@@H]1O. The van der Waals surface area contributed by atoms with Gasteiger partial charge in [-0.05, 0) is 46.4 Å². The Balaban J connectivity index is 1.56. The van der Waals surface area contributed by atoms with Crippen LogP contribution in [0.3, 0.4) is 0 Å². The van der Waals surface area contributed by atoms with Crippen LogP contribution in [-0.2, 0) is 11.2 Å². The van der Waals surface area contributed by atoms with Gasteiger partial charge in [0.05, 0.1) is 6.61 Å². The van der Waals surface area contributed by atoms with Gasteiger partial charge in [-0.15, -0.1) is 0 Å². The minimum absolute atomic E-state index is 0.467. The van der Waals surface area contributed by atoms with E-state index in [4.69, 9.17) is 16.3 Å². The number of aliphatic hydroxyl groups is 4. The number of nitrogens with zero attached hydrogens (tertiary/aromatic N) is 1. The van der Waals surface area contributed by atoms with Gasteiger partial charge in [-0.1, -0.05) is 54.1 Å². The molecular weight excluding hydrogens is 418 g/mol. The van der Waals surface area contributed by atoms with Crippen molar-refractivity contribution in [1.29, 1.82) is 0 Å². The zero-order valence-corrected chi connectivity index (χ0v) is 17.4. The van der Waals surface area contributed by atoms with E-state index in [1.807, 2.05) is 48.7 Å². The zero-order valence-electron chi connectivity index (χ0n) is 16.7. The van der Waals surface area contributed by atoms with E-state index in [-0.39, 0.29) is 0 Å². The van der Waals surface area contributed by atoms with Crippen molar-refractivity contribution in [3.05, 3.63) is 88.7 Å². The van der Waals surface area contributed by atoms with Crippen LogP contribution >= 0.6 is 11.6 Å². The van der Waals surface area contributed by atoms with E-state index in [2.05, 4.69) is 4.98 Å². The molecule has 3 aromatic rings. The van der Waals surface area contributed by atoms with Gasteiger partial charge in [0, 0.05) is 17.4 Å². The third-order valence-corrected chi connectivity index (χ3v) is 6.00. The molecule has 1 aliphatic heterocycles. The first-order valence-corrected chi connectivity index (χ1v) is 10.4. The maximum absolute atomic E-state index is 10.4. The molecule has 0 unspecified atom stereocenters. The first kappa shape index (κ1) is 21.9. The van der Waals surface area contributed by atoms with Crippen molar-refractivity contribution in [3.8, 4) is 11.1 Å². The molecule has 1 saturated heterocycles. The average Bonchev–Trinajstić information content (AvgIpc) is 2.80. The van der Waals surface area contributed by atoms with E-state index < -0.39 is 37.1 Å². The lowest BCUT2D eigenvalue weighted by Crippen LogP contribution is -2.55. The van der Waals surface area contributed by atoms with E-state index >= 15 is 0 Å². The van der Waals surface area contributed by atoms with Crippen LogP contribution in [0.25, 0.3) is 11.1 Å². The van der Waals surface area contributed by atoms with Gasteiger partial charge in [0.25, 0.3) is 0 Å². The van der Waals surface area contributed by atoms with Crippen molar-refractivity contribution in [2.75, 3.05) is 6.61 Å². The first-order valence-electron chi connectivity index (χ1n) is 10.1. The standard InChI is InChI=1S/C24H24ClNO5/c25-19-8-7-16(24-23(30)22(29)21(28)20(13-27)31-24)11-18(19)10-14-3-5-15(6-4-14)17-2-1-9-26-12-17/h1-9,11-12,20-24,27-30H,10,13H2/t20-,21-,22+,23-,24+/m1/s1. The fourth-order valence-electron chi connectivity index (χ4n) is 3.85. The monoisotopic (exact) mass is 441 g/mol. The van der Waals surface area contributed by atoms with Crippen LogP contribution < -0.4 is 0 Å². The van der Waals surface area contributed by atoms with Crippen molar-refractivity contribution in [3.63, 3.8) is 0 Å². The van der Waals surface area contributed by atoms with Gasteiger partial charge in [0.1, 0.15) is 30.5 Å². The number of pyridine rings is 1. The van der Waals surface area contributed by atoms with Crippen molar-refractivity contribution >= 4 is 11.6 Å². The molecule has 7 heteroatoms. The number of rotatable bonds is 5. The van der Waals surface area contributed by atoms with Crippen molar-refractivity contribution in [2.24, 2.45) is 0 Å². The Hall–Kier alpha value is -2.32. The van der Waals surface area contributed by atoms with Crippen LogP contribution in [0.15, 0.2) is 67.0 Å². The molecule has 0 bridgehead atoms. The van der Waals surface area contributed by atoms with Crippen LogP contribution in [-0.4, -0.2) is 56.4 Å². The molecule has 4 rings (SSSR count). The Morgan fingerprint density at radius 2 is 1.68 bits per heavy atom. The smallest absolute Gasteiger partial charge is 0.113 e. The van der Waals surface area contributed by atoms with Crippen molar-refractivity contribution < 1.29 is 25.2 Å². The molecule has 0 spiro atoms. The highest BCUT2D eigenvalue weighted by molar-refractivity contribution is 6.31. The normalized spacial score (nSPS) is 26.0. The molecule has 1 fully saturated rings. The van der Waals surface area contributed by atoms with Gasteiger partial charge < -0.3 is 25.2 Å². The van der Waals surface area contributed by atoms with Gasteiger partial charge in [-0.2, -0.15) is 0 Å². The number of hydrogen-bond donors (Lipinski definition) is 4. The third-order valence-electron chi connectivity index (χ3n) is 5.63. The second-order valence-electron chi connectivity index (χ2n) is 7.72. The molecule has 0 radical (unpaired) electrons. The molecule has 2 aromatic carbocycles. The van der Waals surface area contributed by atoms with Gasteiger partial charge in [0.2, 0.25) is 0 Å². The molecule has 0 amide bonds. The highest BCUT2D eigenvalue weighted by atomic mass is 35.5. The summed E-state index contributed by atoms with van der Waals surface area (Å²) >= 11 is 6.42. The highest BCUT2D eigenvalue weighted by Crippen LogP contribution is 2.34.